The van der Waals surface area contributed by atoms with E-state index in [2.05, 4.69) is 12.2 Å². The van der Waals surface area contributed by atoms with Crippen molar-refractivity contribution in [3.05, 3.63) is 0 Å². The van der Waals surface area contributed by atoms with Gasteiger partial charge in [0.25, 0.3) is 0 Å². The smallest absolute Gasteiger partial charge is 0.217 e. The number of amides is 1. The summed E-state index contributed by atoms with van der Waals surface area (Å²) in [6.07, 6.45) is 3.72. The maximum atomic E-state index is 11.3. The molecule has 0 radical (unpaired) electrons. The molecule has 1 aliphatic rings. The van der Waals surface area contributed by atoms with Crippen molar-refractivity contribution in [3.8, 4) is 0 Å². The van der Waals surface area contributed by atoms with Gasteiger partial charge >= 0.3 is 0 Å². The Bertz CT molecular complexity index is 354. The topological polar surface area (TPSA) is 108 Å². The van der Waals surface area contributed by atoms with Crippen LogP contribution < -0.4 is 5.32 Å². The van der Waals surface area contributed by atoms with Crippen LogP contribution in [-0.4, -0.2) is 65.1 Å². The average Bonchev–Trinajstić information content (AvgIpc) is 2.55. The molecule has 7 nitrogen and oxygen atoms in total. The first-order valence-corrected chi connectivity index (χ1v) is 9.02. The number of hydrogen-bond acceptors (Lipinski definition) is 6. The summed E-state index contributed by atoms with van der Waals surface area (Å²) < 4.78 is 11.2. The van der Waals surface area contributed by atoms with Crippen LogP contribution in [0.2, 0.25) is 0 Å². The lowest BCUT2D eigenvalue weighted by Gasteiger charge is -2.42. The molecule has 0 unspecified atom stereocenters. The maximum absolute atomic E-state index is 11.3. The van der Waals surface area contributed by atoms with Crippen LogP contribution in [0.1, 0.15) is 58.8 Å². The van der Waals surface area contributed by atoms with Crippen LogP contribution in [0.5, 0.6) is 0 Å². The minimum atomic E-state index is -1.27. The number of aliphatic hydroxyl groups is 3. The average molecular weight is 347 g/mol. The van der Waals surface area contributed by atoms with E-state index in [4.69, 9.17) is 9.47 Å². The van der Waals surface area contributed by atoms with Crippen LogP contribution in [0.15, 0.2) is 0 Å². The van der Waals surface area contributed by atoms with Gasteiger partial charge in [0.2, 0.25) is 5.91 Å². The highest BCUT2D eigenvalue weighted by Gasteiger charge is 2.45. The fourth-order valence-corrected chi connectivity index (χ4v) is 2.87. The second-order valence-corrected chi connectivity index (χ2v) is 6.43. The van der Waals surface area contributed by atoms with Gasteiger partial charge in [-0.15, -0.1) is 0 Å². The number of aliphatic hydroxyl groups excluding tert-OH is 3. The van der Waals surface area contributed by atoms with Gasteiger partial charge in [-0.25, -0.2) is 0 Å². The standard InChI is InChI=1S/C17H33NO6/c1-3-4-5-6-7-8-9-10-23-17-14(18-12(2)20)16(22)15(21)13(11-19)24-17/h13-17,19,21-22H,3-11H2,1-2H3,(H,18,20)/t13-,14-,15-,16+,17-/m1/s1. The quantitative estimate of drug-likeness (QED) is 0.410. The molecular weight excluding hydrogens is 314 g/mol. The van der Waals surface area contributed by atoms with Gasteiger partial charge in [0.05, 0.1) is 6.61 Å². The van der Waals surface area contributed by atoms with Crippen molar-refractivity contribution >= 4 is 5.91 Å². The SMILES string of the molecule is CCCCCCCCCO[C@@H]1O[C@H](CO)[C@@H](O)[C@@H](O)[C@H]1NC(C)=O. The zero-order chi connectivity index (χ0) is 17.9. The summed E-state index contributed by atoms with van der Waals surface area (Å²) >= 11 is 0. The number of nitrogens with one attached hydrogen (secondary N) is 1. The largest absolute Gasteiger partial charge is 0.394 e. The lowest BCUT2D eigenvalue weighted by molar-refractivity contribution is -0.270. The highest BCUT2D eigenvalue weighted by atomic mass is 16.7. The molecule has 1 fully saturated rings. The molecule has 24 heavy (non-hydrogen) atoms. The van der Waals surface area contributed by atoms with Crippen molar-refractivity contribution in [2.75, 3.05) is 13.2 Å². The number of hydrogen-bond donors (Lipinski definition) is 4. The minimum absolute atomic E-state index is 0.346. The molecule has 0 spiro atoms. The van der Waals surface area contributed by atoms with E-state index in [1.54, 1.807) is 0 Å². The predicted octanol–water partition coefficient (Wildman–Crippen LogP) is 0.697. The molecule has 0 aromatic heterocycles. The van der Waals surface area contributed by atoms with Gasteiger partial charge < -0.3 is 30.1 Å². The number of ether oxygens (including phenoxy) is 2. The molecule has 0 bridgehead atoms. The van der Waals surface area contributed by atoms with Crippen LogP contribution in [0.3, 0.4) is 0 Å². The van der Waals surface area contributed by atoms with E-state index in [0.29, 0.717) is 6.61 Å². The van der Waals surface area contributed by atoms with E-state index in [1.165, 1.54) is 32.6 Å². The highest BCUT2D eigenvalue weighted by molar-refractivity contribution is 5.73. The Hall–Kier alpha value is -0.730. The number of unbranched alkanes of at least 4 members (excludes halogenated alkanes) is 6. The number of rotatable bonds is 11. The van der Waals surface area contributed by atoms with Crippen LogP contribution in [-0.2, 0) is 14.3 Å². The molecule has 0 aliphatic carbocycles. The molecule has 1 aliphatic heterocycles. The molecule has 0 saturated carbocycles. The zero-order valence-corrected chi connectivity index (χ0v) is 14.8. The Kier molecular flexibility index (Phi) is 10.4. The summed E-state index contributed by atoms with van der Waals surface area (Å²) in [5.41, 5.74) is 0. The van der Waals surface area contributed by atoms with Gasteiger partial charge in [-0.05, 0) is 6.42 Å². The van der Waals surface area contributed by atoms with E-state index < -0.39 is 37.3 Å². The third-order valence-electron chi connectivity index (χ3n) is 4.28. The molecule has 0 aromatic rings. The van der Waals surface area contributed by atoms with E-state index in [1.807, 2.05) is 0 Å². The fraction of sp³-hybridized carbons (Fsp3) is 0.941. The van der Waals surface area contributed by atoms with E-state index >= 15 is 0 Å². The second-order valence-electron chi connectivity index (χ2n) is 6.43. The van der Waals surface area contributed by atoms with Crippen molar-refractivity contribution in [2.24, 2.45) is 0 Å². The van der Waals surface area contributed by atoms with Crippen LogP contribution >= 0.6 is 0 Å². The number of carbonyl (C=O) groups excluding carboxylic acids is 1. The normalized spacial score (nSPS) is 30.3. The van der Waals surface area contributed by atoms with Crippen LogP contribution in [0, 0.1) is 0 Å². The van der Waals surface area contributed by atoms with Crippen molar-refractivity contribution in [3.63, 3.8) is 0 Å². The zero-order valence-electron chi connectivity index (χ0n) is 14.8. The first kappa shape index (κ1) is 21.3. The van der Waals surface area contributed by atoms with E-state index in [9.17, 15) is 20.1 Å². The summed E-state index contributed by atoms with van der Waals surface area (Å²) in [5, 5.41) is 31.8. The van der Waals surface area contributed by atoms with Crippen molar-refractivity contribution in [2.45, 2.75) is 89.4 Å². The van der Waals surface area contributed by atoms with E-state index in [-0.39, 0.29) is 5.91 Å². The van der Waals surface area contributed by atoms with Gasteiger partial charge in [0.15, 0.2) is 6.29 Å². The lowest BCUT2D eigenvalue weighted by atomic mass is 9.97. The Morgan fingerprint density at radius 1 is 1.08 bits per heavy atom. The van der Waals surface area contributed by atoms with Gasteiger partial charge in [0.1, 0.15) is 24.4 Å². The van der Waals surface area contributed by atoms with Gasteiger partial charge in [0, 0.05) is 13.5 Å². The first-order chi connectivity index (χ1) is 11.5. The molecule has 1 heterocycles. The summed E-state index contributed by atoms with van der Waals surface area (Å²) in [4.78, 5) is 11.3. The lowest BCUT2D eigenvalue weighted by Crippen LogP contribution is -2.64. The predicted molar refractivity (Wildman–Crippen MR) is 89.3 cm³/mol. The molecule has 5 atom stereocenters. The summed E-state index contributed by atoms with van der Waals surface area (Å²) in [5.74, 6) is -0.346. The first-order valence-electron chi connectivity index (χ1n) is 9.02. The van der Waals surface area contributed by atoms with Gasteiger partial charge in [-0.2, -0.15) is 0 Å². The van der Waals surface area contributed by atoms with Crippen LogP contribution in [0.25, 0.3) is 0 Å². The third kappa shape index (κ3) is 7.03. The Balaban J connectivity index is 2.39. The molecular formula is C17H33NO6. The Morgan fingerprint density at radius 2 is 1.71 bits per heavy atom. The molecule has 4 N–H and O–H groups in total. The Labute approximate surface area is 144 Å². The molecule has 0 aromatic carbocycles. The minimum Gasteiger partial charge on any atom is -0.394 e. The molecule has 1 amide bonds. The van der Waals surface area contributed by atoms with Crippen molar-refractivity contribution in [1.82, 2.24) is 5.32 Å². The number of carbonyl (C=O) groups is 1. The monoisotopic (exact) mass is 347 g/mol. The maximum Gasteiger partial charge on any atom is 0.217 e. The molecule has 1 rings (SSSR count). The second kappa shape index (κ2) is 11.8. The Morgan fingerprint density at radius 3 is 2.29 bits per heavy atom. The summed E-state index contributed by atoms with van der Waals surface area (Å²) in [6.45, 7) is 3.52. The van der Waals surface area contributed by atoms with Gasteiger partial charge in [-0.3, -0.25) is 4.79 Å². The third-order valence-corrected chi connectivity index (χ3v) is 4.28. The van der Waals surface area contributed by atoms with Crippen LogP contribution in [0.4, 0.5) is 0 Å². The van der Waals surface area contributed by atoms with Crippen molar-refractivity contribution < 1.29 is 29.6 Å². The van der Waals surface area contributed by atoms with E-state index in [0.717, 1.165) is 19.3 Å². The molecule has 7 heteroatoms. The van der Waals surface area contributed by atoms with Crippen molar-refractivity contribution in [1.29, 1.82) is 0 Å². The van der Waals surface area contributed by atoms with Gasteiger partial charge in [-0.1, -0.05) is 45.4 Å². The summed E-state index contributed by atoms with van der Waals surface area (Å²) in [7, 11) is 0. The summed E-state index contributed by atoms with van der Waals surface area (Å²) in [6, 6.07) is -0.857. The highest BCUT2D eigenvalue weighted by Crippen LogP contribution is 2.22. The fourth-order valence-electron chi connectivity index (χ4n) is 2.87. The molecule has 142 valence electrons. The molecule has 1 saturated heterocycles.